The summed E-state index contributed by atoms with van der Waals surface area (Å²) in [5, 5.41) is 3.40. The maximum Gasteiger partial charge on any atom is 0.131 e. The standard InChI is InChI=1S/C17H29N3/c1-4-12-18-16-10-7-11-17(19-16)20(13-14(2)3)15-8-5-6-9-15/h7,10-11,14-15H,4-6,8-9,12-13H2,1-3H3,(H,18,19). The second kappa shape index (κ2) is 7.51. The molecule has 2 rings (SSSR count). The minimum Gasteiger partial charge on any atom is -0.370 e. The van der Waals surface area contributed by atoms with Gasteiger partial charge in [0.05, 0.1) is 0 Å². The second-order valence-corrected chi connectivity index (χ2v) is 6.29. The fourth-order valence-corrected chi connectivity index (χ4v) is 2.97. The van der Waals surface area contributed by atoms with Crippen LogP contribution in [-0.4, -0.2) is 24.1 Å². The van der Waals surface area contributed by atoms with E-state index in [0.717, 1.165) is 31.1 Å². The molecule has 0 unspecified atom stereocenters. The highest BCUT2D eigenvalue weighted by Crippen LogP contribution is 2.28. The zero-order valence-electron chi connectivity index (χ0n) is 13.2. The minimum absolute atomic E-state index is 0.671. The number of hydrogen-bond acceptors (Lipinski definition) is 3. The lowest BCUT2D eigenvalue weighted by Gasteiger charge is -2.32. The molecule has 1 aromatic rings. The normalized spacial score (nSPS) is 15.8. The molecule has 1 aromatic heterocycles. The van der Waals surface area contributed by atoms with Gasteiger partial charge in [-0.2, -0.15) is 0 Å². The number of nitrogens with one attached hydrogen (secondary N) is 1. The summed E-state index contributed by atoms with van der Waals surface area (Å²) in [4.78, 5) is 7.36. The van der Waals surface area contributed by atoms with Crippen molar-refractivity contribution >= 4 is 11.6 Å². The van der Waals surface area contributed by atoms with Gasteiger partial charge < -0.3 is 10.2 Å². The van der Waals surface area contributed by atoms with E-state index in [2.05, 4.69) is 49.2 Å². The largest absolute Gasteiger partial charge is 0.370 e. The first kappa shape index (κ1) is 15.1. The zero-order valence-corrected chi connectivity index (χ0v) is 13.2. The highest BCUT2D eigenvalue weighted by molar-refractivity contribution is 5.48. The molecular formula is C17H29N3. The lowest BCUT2D eigenvalue weighted by molar-refractivity contribution is 0.531. The number of aromatic nitrogens is 1. The van der Waals surface area contributed by atoms with Crippen molar-refractivity contribution in [3.8, 4) is 0 Å². The molecule has 112 valence electrons. The van der Waals surface area contributed by atoms with Gasteiger partial charge in [-0.1, -0.05) is 39.7 Å². The maximum atomic E-state index is 4.82. The molecule has 20 heavy (non-hydrogen) atoms. The van der Waals surface area contributed by atoms with E-state index >= 15 is 0 Å². The number of hydrogen-bond donors (Lipinski definition) is 1. The van der Waals surface area contributed by atoms with E-state index in [-0.39, 0.29) is 0 Å². The van der Waals surface area contributed by atoms with Crippen molar-refractivity contribution in [2.24, 2.45) is 5.92 Å². The molecule has 1 aliphatic rings. The molecule has 0 saturated heterocycles. The van der Waals surface area contributed by atoms with Crippen LogP contribution in [0.3, 0.4) is 0 Å². The number of pyridine rings is 1. The molecule has 0 aliphatic heterocycles. The summed E-state index contributed by atoms with van der Waals surface area (Å²) in [6, 6.07) is 7.05. The molecule has 0 spiro atoms. The topological polar surface area (TPSA) is 28.2 Å². The Morgan fingerprint density at radius 2 is 2.05 bits per heavy atom. The van der Waals surface area contributed by atoms with E-state index in [1.807, 2.05) is 0 Å². The fourth-order valence-electron chi connectivity index (χ4n) is 2.97. The Labute approximate surface area is 123 Å². The Kier molecular flexibility index (Phi) is 5.69. The van der Waals surface area contributed by atoms with Crippen molar-refractivity contribution in [2.45, 2.75) is 58.9 Å². The van der Waals surface area contributed by atoms with Gasteiger partial charge in [0, 0.05) is 19.1 Å². The summed E-state index contributed by atoms with van der Waals surface area (Å²) in [5.41, 5.74) is 0. The van der Waals surface area contributed by atoms with Crippen molar-refractivity contribution in [2.75, 3.05) is 23.3 Å². The zero-order chi connectivity index (χ0) is 14.4. The minimum atomic E-state index is 0.671. The van der Waals surface area contributed by atoms with Gasteiger partial charge in [-0.05, 0) is 37.3 Å². The highest BCUT2D eigenvalue weighted by atomic mass is 15.2. The number of anilines is 2. The van der Waals surface area contributed by atoms with Gasteiger partial charge in [0.15, 0.2) is 0 Å². The Morgan fingerprint density at radius 3 is 2.70 bits per heavy atom. The van der Waals surface area contributed by atoms with E-state index < -0.39 is 0 Å². The van der Waals surface area contributed by atoms with Crippen LogP contribution in [0.2, 0.25) is 0 Å². The third-order valence-electron chi connectivity index (χ3n) is 3.91. The van der Waals surface area contributed by atoms with Crippen LogP contribution in [0.1, 0.15) is 52.9 Å². The smallest absolute Gasteiger partial charge is 0.131 e. The average Bonchev–Trinajstić information content (AvgIpc) is 2.96. The van der Waals surface area contributed by atoms with E-state index in [1.54, 1.807) is 0 Å². The Bertz CT molecular complexity index is 397. The van der Waals surface area contributed by atoms with Crippen LogP contribution in [0.5, 0.6) is 0 Å². The Balaban J connectivity index is 2.14. The fraction of sp³-hybridized carbons (Fsp3) is 0.706. The molecule has 1 N–H and O–H groups in total. The molecule has 0 amide bonds. The van der Waals surface area contributed by atoms with Gasteiger partial charge in [0.25, 0.3) is 0 Å². The summed E-state index contributed by atoms with van der Waals surface area (Å²) < 4.78 is 0. The van der Waals surface area contributed by atoms with Crippen LogP contribution in [-0.2, 0) is 0 Å². The number of nitrogens with zero attached hydrogens (tertiary/aromatic N) is 2. The van der Waals surface area contributed by atoms with Gasteiger partial charge in [0.1, 0.15) is 11.6 Å². The average molecular weight is 275 g/mol. The van der Waals surface area contributed by atoms with Crippen molar-refractivity contribution in [3.63, 3.8) is 0 Å². The Morgan fingerprint density at radius 1 is 1.30 bits per heavy atom. The monoisotopic (exact) mass is 275 g/mol. The van der Waals surface area contributed by atoms with E-state index in [9.17, 15) is 0 Å². The van der Waals surface area contributed by atoms with Crippen LogP contribution >= 0.6 is 0 Å². The maximum absolute atomic E-state index is 4.82. The predicted molar refractivity (Wildman–Crippen MR) is 87.5 cm³/mol. The second-order valence-electron chi connectivity index (χ2n) is 6.29. The molecule has 3 heteroatoms. The van der Waals surface area contributed by atoms with Crippen molar-refractivity contribution in [1.29, 1.82) is 0 Å². The predicted octanol–water partition coefficient (Wildman–Crippen LogP) is 4.31. The summed E-state index contributed by atoms with van der Waals surface area (Å²) in [6.07, 6.45) is 6.51. The lowest BCUT2D eigenvalue weighted by atomic mass is 10.1. The van der Waals surface area contributed by atoms with Gasteiger partial charge in [-0.3, -0.25) is 0 Å². The van der Waals surface area contributed by atoms with Gasteiger partial charge in [-0.25, -0.2) is 4.98 Å². The first-order valence-electron chi connectivity index (χ1n) is 8.18. The SMILES string of the molecule is CCCNc1cccc(N(CC(C)C)C2CCCC2)n1. The van der Waals surface area contributed by atoms with Crippen LogP contribution in [0.4, 0.5) is 11.6 Å². The first-order chi connectivity index (χ1) is 9.70. The van der Waals surface area contributed by atoms with Crippen LogP contribution < -0.4 is 10.2 Å². The summed E-state index contributed by atoms with van der Waals surface area (Å²) >= 11 is 0. The van der Waals surface area contributed by atoms with E-state index in [1.165, 1.54) is 25.7 Å². The van der Waals surface area contributed by atoms with Gasteiger partial charge in [0.2, 0.25) is 0 Å². The summed E-state index contributed by atoms with van der Waals surface area (Å²) in [7, 11) is 0. The quantitative estimate of drug-likeness (QED) is 0.803. The molecular weight excluding hydrogens is 246 g/mol. The van der Waals surface area contributed by atoms with Crippen LogP contribution in [0.25, 0.3) is 0 Å². The summed E-state index contributed by atoms with van der Waals surface area (Å²) in [6.45, 7) is 8.86. The third kappa shape index (κ3) is 4.12. The van der Waals surface area contributed by atoms with Crippen LogP contribution in [0, 0.1) is 5.92 Å². The highest BCUT2D eigenvalue weighted by Gasteiger charge is 2.24. The molecule has 0 atom stereocenters. The van der Waals surface area contributed by atoms with Crippen molar-refractivity contribution in [3.05, 3.63) is 18.2 Å². The molecule has 0 bridgehead atoms. The molecule has 0 aromatic carbocycles. The molecule has 1 aliphatic carbocycles. The van der Waals surface area contributed by atoms with E-state index in [4.69, 9.17) is 4.98 Å². The first-order valence-corrected chi connectivity index (χ1v) is 8.18. The van der Waals surface area contributed by atoms with Crippen molar-refractivity contribution in [1.82, 2.24) is 4.98 Å². The third-order valence-corrected chi connectivity index (χ3v) is 3.91. The molecule has 1 heterocycles. The van der Waals surface area contributed by atoms with Crippen molar-refractivity contribution < 1.29 is 0 Å². The Hall–Kier alpha value is -1.25. The summed E-state index contributed by atoms with van der Waals surface area (Å²) in [5.74, 6) is 2.83. The molecule has 1 fully saturated rings. The van der Waals surface area contributed by atoms with Crippen LogP contribution in [0.15, 0.2) is 18.2 Å². The van der Waals surface area contributed by atoms with E-state index in [0.29, 0.717) is 12.0 Å². The van der Waals surface area contributed by atoms with Gasteiger partial charge in [-0.15, -0.1) is 0 Å². The molecule has 0 radical (unpaired) electrons. The lowest BCUT2D eigenvalue weighted by Crippen LogP contribution is -2.37. The number of rotatable bonds is 7. The van der Waals surface area contributed by atoms with Gasteiger partial charge >= 0.3 is 0 Å². The molecule has 3 nitrogen and oxygen atoms in total. The molecule has 1 saturated carbocycles.